The van der Waals surface area contributed by atoms with E-state index in [1.165, 1.54) is 0 Å². The van der Waals surface area contributed by atoms with Gasteiger partial charge in [-0.25, -0.2) is 0 Å². The van der Waals surface area contributed by atoms with Crippen molar-refractivity contribution in [2.45, 2.75) is 38.0 Å². The molecule has 0 saturated carbocycles. The van der Waals surface area contributed by atoms with Gasteiger partial charge >= 0.3 is 0 Å². The number of ether oxygens (including phenoxy) is 1. The predicted octanol–water partition coefficient (Wildman–Crippen LogP) is 3.02. The number of halogens is 1. The van der Waals surface area contributed by atoms with E-state index in [0.29, 0.717) is 6.10 Å². The molecule has 3 unspecified atom stereocenters. The molecule has 1 saturated heterocycles. The molecule has 0 amide bonds. The Labute approximate surface area is 98.9 Å². The molecular formula is C12H16BrNO. The Bertz CT molecular complexity index is 325. The molecule has 0 aromatic heterocycles. The Morgan fingerprint density at radius 1 is 1.33 bits per heavy atom. The van der Waals surface area contributed by atoms with Gasteiger partial charge in [0.25, 0.3) is 0 Å². The van der Waals surface area contributed by atoms with Crippen molar-refractivity contribution in [3.8, 4) is 0 Å². The summed E-state index contributed by atoms with van der Waals surface area (Å²) >= 11 is 3.42. The molecule has 1 aliphatic rings. The van der Waals surface area contributed by atoms with Crippen LogP contribution in [0.1, 0.15) is 31.4 Å². The minimum atomic E-state index is 0.00282. The van der Waals surface area contributed by atoms with Gasteiger partial charge in [0.2, 0.25) is 0 Å². The molecule has 0 spiro atoms. The minimum absolute atomic E-state index is 0.00282. The summed E-state index contributed by atoms with van der Waals surface area (Å²) in [6.07, 6.45) is 2.73. The molecule has 1 aromatic rings. The lowest BCUT2D eigenvalue weighted by molar-refractivity contribution is 0.0401. The van der Waals surface area contributed by atoms with Gasteiger partial charge in [-0.3, -0.25) is 0 Å². The highest BCUT2D eigenvalue weighted by Crippen LogP contribution is 2.28. The van der Waals surface area contributed by atoms with Crippen molar-refractivity contribution in [2.75, 3.05) is 0 Å². The van der Waals surface area contributed by atoms with Crippen LogP contribution in [0.3, 0.4) is 0 Å². The molecule has 1 aromatic carbocycles. The zero-order chi connectivity index (χ0) is 10.8. The summed E-state index contributed by atoms with van der Waals surface area (Å²) in [6, 6.07) is 8.16. The summed E-state index contributed by atoms with van der Waals surface area (Å²) in [5, 5.41) is 0. The Kier molecular flexibility index (Phi) is 3.44. The maximum Gasteiger partial charge on any atom is 0.0772 e. The summed E-state index contributed by atoms with van der Waals surface area (Å²) in [5.74, 6) is 0. The highest BCUT2D eigenvalue weighted by atomic mass is 79.9. The van der Waals surface area contributed by atoms with Crippen LogP contribution in [0.15, 0.2) is 28.7 Å². The normalized spacial score (nSPS) is 27.9. The van der Waals surface area contributed by atoms with Crippen molar-refractivity contribution in [1.29, 1.82) is 0 Å². The van der Waals surface area contributed by atoms with Gasteiger partial charge < -0.3 is 10.5 Å². The molecular weight excluding hydrogens is 254 g/mol. The second-order valence-corrected chi connectivity index (χ2v) is 5.06. The van der Waals surface area contributed by atoms with E-state index in [4.69, 9.17) is 10.5 Å². The molecule has 2 N–H and O–H groups in total. The second kappa shape index (κ2) is 4.64. The van der Waals surface area contributed by atoms with E-state index in [1.807, 2.05) is 12.1 Å². The van der Waals surface area contributed by atoms with Crippen molar-refractivity contribution < 1.29 is 4.74 Å². The standard InChI is InChI=1S/C12H16BrNO/c1-8-2-7-11(15-8)12(14)9-3-5-10(13)6-4-9/h3-6,8,11-12H,2,7,14H2,1H3. The average Bonchev–Trinajstić information content (AvgIpc) is 2.65. The number of rotatable bonds is 2. The molecule has 3 heteroatoms. The Balaban J connectivity index is 2.07. The van der Waals surface area contributed by atoms with Crippen LogP contribution in [0.4, 0.5) is 0 Å². The molecule has 82 valence electrons. The van der Waals surface area contributed by atoms with Crippen LogP contribution in [-0.4, -0.2) is 12.2 Å². The van der Waals surface area contributed by atoms with E-state index in [-0.39, 0.29) is 12.1 Å². The Morgan fingerprint density at radius 3 is 2.53 bits per heavy atom. The number of hydrogen-bond donors (Lipinski definition) is 1. The van der Waals surface area contributed by atoms with Crippen molar-refractivity contribution in [2.24, 2.45) is 5.73 Å². The third kappa shape index (κ3) is 2.60. The zero-order valence-corrected chi connectivity index (χ0v) is 10.4. The van der Waals surface area contributed by atoms with Gasteiger partial charge in [-0.15, -0.1) is 0 Å². The lowest BCUT2D eigenvalue weighted by Gasteiger charge is -2.19. The van der Waals surface area contributed by atoms with Crippen molar-refractivity contribution >= 4 is 15.9 Å². The largest absolute Gasteiger partial charge is 0.373 e. The minimum Gasteiger partial charge on any atom is -0.373 e. The summed E-state index contributed by atoms with van der Waals surface area (Å²) in [4.78, 5) is 0. The molecule has 2 rings (SSSR count). The predicted molar refractivity (Wildman–Crippen MR) is 64.6 cm³/mol. The van der Waals surface area contributed by atoms with Crippen molar-refractivity contribution in [3.63, 3.8) is 0 Å². The molecule has 1 heterocycles. The van der Waals surface area contributed by atoms with Gasteiger partial charge in [-0.05, 0) is 37.5 Å². The first kappa shape index (κ1) is 11.1. The molecule has 3 atom stereocenters. The second-order valence-electron chi connectivity index (χ2n) is 4.14. The smallest absolute Gasteiger partial charge is 0.0772 e. The summed E-state index contributed by atoms with van der Waals surface area (Å²) in [5.41, 5.74) is 7.32. The first-order valence-electron chi connectivity index (χ1n) is 5.33. The van der Waals surface area contributed by atoms with E-state index < -0.39 is 0 Å². The number of benzene rings is 1. The third-order valence-electron chi connectivity index (χ3n) is 2.92. The molecule has 1 aliphatic heterocycles. The molecule has 0 aliphatic carbocycles. The van der Waals surface area contributed by atoms with Gasteiger partial charge in [-0.1, -0.05) is 28.1 Å². The van der Waals surface area contributed by atoms with Crippen LogP contribution in [0.2, 0.25) is 0 Å². The first-order chi connectivity index (χ1) is 7.16. The van der Waals surface area contributed by atoms with Gasteiger partial charge in [0.15, 0.2) is 0 Å². The van der Waals surface area contributed by atoms with Gasteiger partial charge in [0.1, 0.15) is 0 Å². The molecule has 0 bridgehead atoms. The Hall–Kier alpha value is -0.380. The lowest BCUT2D eigenvalue weighted by atomic mass is 10.0. The molecule has 1 fully saturated rings. The quantitative estimate of drug-likeness (QED) is 0.896. The molecule has 15 heavy (non-hydrogen) atoms. The summed E-state index contributed by atoms with van der Waals surface area (Å²) in [6.45, 7) is 2.11. The third-order valence-corrected chi connectivity index (χ3v) is 3.45. The topological polar surface area (TPSA) is 35.2 Å². The van der Waals surface area contributed by atoms with Crippen LogP contribution in [0, 0.1) is 0 Å². The van der Waals surface area contributed by atoms with Gasteiger partial charge in [-0.2, -0.15) is 0 Å². The summed E-state index contributed by atoms with van der Waals surface area (Å²) < 4.78 is 6.85. The van der Waals surface area contributed by atoms with Crippen molar-refractivity contribution in [3.05, 3.63) is 34.3 Å². The van der Waals surface area contributed by atoms with Crippen LogP contribution in [0.5, 0.6) is 0 Å². The van der Waals surface area contributed by atoms with Crippen LogP contribution in [0.25, 0.3) is 0 Å². The van der Waals surface area contributed by atoms with E-state index >= 15 is 0 Å². The Morgan fingerprint density at radius 2 is 2.00 bits per heavy atom. The van der Waals surface area contributed by atoms with Crippen LogP contribution < -0.4 is 5.73 Å². The number of hydrogen-bond acceptors (Lipinski definition) is 2. The highest BCUT2D eigenvalue weighted by Gasteiger charge is 2.27. The van der Waals surface area contributed by atoms with E-state index in [0.717, 1.165) is 22.9 Å². The maximum atomic E-state index is 6.17. The number of nitrogens with two attached hydrogens (primary N) is 1. The van der Waals surface area contributed by atoms with Crippen LogP contribution >= 0.6 is 15.9 Å². The van der Waals surface area contributed by atoms with E-state index in [9.17, 15) is 0 Å². The molecule has 2 nitrogen and oxygen atoms in total. The van der Waals surface area contributed by atoms with Crippen molar-refractivity contribution in [1.82, 2.24) is 0 Å². The fraction of sp³-hybridized carbons (Fsp3) is 0.500. The van der Waals surface area contributed by atoms with Gasteiger partial charge in [0.05, 0.1) is 18.2 Å². The first-order valence-corrected chi connectivity index (χ1v) is 6.12. The van der Waals surface area contributed by atoms with Gasteiger partial charge in [0, 0.05) is 4.47 Å². The van der Waals surface area contributed by atoms with E-state index in [2.05, 4.69) is 35.0 Å². The highest BCUT2D eigenvalue weighted by molar-refractivity contribution is 9.10. The SMILES string of the molecule is CC1CCC(C(N)c2ccc(Br)cc2)O1. The fourth-order valence-electron chi connectivity index (χ4n) is 2.00. The monoisotopic (exact) mass is 269 g/mol. The lowest BCUT2D eigenvalue weighted by Crippen LogP contribution is -2.26. The maximum absolute atomic E-state index is 6.17. The fourth-order valence-corrected chi connectivity index (χ4v) is 2.26. The van der Waals surface area contributed by atoms with Crippen LogP contribution in [-0.2, 0) is 4.74 Å². The van der Waals surface area contributed by atoms with E-state index in [1.54, 1.807) is 0 Å². The average molecular weight is 270 g/mol. The molecule has 0 radical (unpaired) electrons. The summed E-state index contributed by atoms with van der Waals surface area (Å²) in [7, 11) is 0. The zero-order valence-electron chi connectivity index (χ0n) is 8.82.